The van der Waals surface area contributed by atoms with E-state index in [1.807, 2.05) is 14.1 Å². The van der Waals surface area contributed by atoms with Gasteiger partial charge in [-0.15, -0.1) is 0 Å². The zero-order valence-electron chi connectivity index (χ0n) is 5.86. The van der Waals surface area contributed by atoms with Crippen LogP contribution < -0.4 is 10.6 Å². The van der Waals surface area contributed by atoms with E-state index in [1.54, 1.807) is 0 Å². The summed E-state index contributed by atoms with van der Waals surface area (Å²) in [5.74, 6) is 0. The normalized spacial score (nSPS) is 16.7. The summed E-state index contributed by atoms with van der Waals surface area (Å²) in [4.78, 5) is 0. The summed E-state index contributed by atoms with van der Waals surface area (Å²) in [6.07, 6.45) is 5.37. The first-order valence-corrected chi connectivity index (χ1v) is 3.14. The number of allylic oxidation sites excluding steroid dienone is 2. The lowest BCUT2D eigenvalue weighted by Gasteiger charge is -2.05. The lowest BCUT2D eigenvalue weighted by atomic mass is 10.4. The Labute approximate surface area is 55.6 Å². The molecule has 0 aliphatic heterocycles. The first-order chi connectivity index (χ1) is 4.38. The van der Waals surface area contributed by atoms with Gasteiger partial charge in [-0.25, -0.2) is 0 Å². The molecule has 0 aromatic heterocycles. The van der Waals surface area contributed by atoms with E-state index in [0.29, 0.717) is 0 Å². The van der Waals surface area contributed by atoms with E-state index in [-0.39, 0.29) is 0 Å². The fourth-order valence-corrected chi connectivity index (χ4v) is 0.988. The molecule has 0 amide bonds. The van der Waals surface area contributed by atoms with Crippen LogP contribution in [0.2, 0.25) is 0 Å². The van der Waals surface area contributed by atoms with E-state index in [2.05, 4.69) is 22.8 Å². The monoisotopic (exact) mass is 124 g/mol. The maximum absolute atomic E-state index is 3.10. The fraction of sp³-hybridized carbons (Fsp3) is 0.429. The van der Waals surface area contributed by atoms with Gasteiger partial charge in [0.25, 0.3) is 0 Å². The van der Waals surface area contributed by atoms with Gasteiger partial charge in [-0.3, -0.25) is 0 Å². The van der Waals surface area contributed by atoms with Crippen LogP contribution in [-0.2, 0) is 0 Å². The number of rotatable bonds is 2. The molecule has 2 nitrogen and oxygen atoms in total. The molecule has 1 rings (SSSR count). The summed E-state index contributed by atoms with van der Waals surface area (Å²) >= 11 is 0. The summed E-state index contributed by atoms with van der Waals surface area (Å²) in [6.45, 7) is 0. The molecule has 2 N–H and O–H groups in total. The third-order valence-corrected chi connectivity index (χ3v) is 1.47. The van der Waals surface area contributed by atoms with Crippen molar-refractivity contribution in [2.45, 2.75) is 6.42 Å². The van der Waals surface area contributed by atoms with Gasteiger partial charge in [0.2, 0.25) is 0 Å². The van der Waals surface area contributed by atoms with E-state index < -0.39 is 0 Å². The van der Waals surface area contributed by atoms with Crippen LogP contribution in [0.3, 0.4) is 0 Å². The van der Waals surface area contributed by atoms with Crippen LogP contribution in [0.1, 0.15) is 6.42 Å². The molecular weight excluding hydrogens is 112 g/mol. The molecule has 2 heteroatoms. The summed E-state index contributed by atoms with van der Waals surface area (Å²) < 4.78 is 0. The number of hydrogen-bond acceptors (Lipinski definition) is 2. The molecule has 0 saturated carbocycles. The highest BCUT2D eigenvalue weighted by Gasteiger charge is 2.03. The van der Waals surface area contributed by atoms with Gasteiger partial charge in [-0.05, 0) is 6.42 Å². The largest absolute Gasteiger partial charge is 0.387 e. The summed E-state index contributed by atoms with van der Waals surface area (Å²) in [5, 5.41) is 6.19. The van der Waals surface area contributed by atoms with Gasteiger partial charge < -0.3 is 10.6 Å². The average Bonchev–Trinajstić information content (AvgIpc) is 2.33. The van der Waals surface area contributed by atoms with Crippen molar-refractivity contribution in [1.82, 2.24) is 10.6 Å². The second kappa shape index (κ2) is 2.58. The standard InChI is InChI=1S/C7H12N2/c1-8-6-4-3-5-7(6)9-2/h4-5,8-9H,3H2,1-2H3. The van der Waals surface area contributed by atoms with Crippen molar-refractivity contribution in [3.05, 3.63) is 23.5 Å². The summed E-state index contributed by atoms with van der Waals surface area (Å²) in [7, 11) is 3.87. The zero-order chi connectivity index (χ0) is 6.69. The van der Waals surface area contributed by atoms with Crippen molar-refractivity contribution in [3.8, 4) is 0 Å². The predicted octanol–water partition coefficient (Wildman–Crippen LogP) is 0.597. The third-order valence-electron chi connectivity index (χ3n) is 1.47. The predicted molar refractivity (Wildman–Crippen MR) is 38.9 cm³/mol. The van der Waals surface area contributed by atoms with Gasteiger partial charge in [-0.2, -0.15) is 0 Å². The van der Waals surface area contributed by atoms with Crippen molar-refractivity contribution < 1.29 is 0 Å². The smallest absolute Gasteiger partial charge is 0.0532 e. The number of likely N-dealkylation sites (N-methyl/N-ethyl adjacent to an activating group) is 2. The highest BCUT2D eigenvalue weighted by Crippen LogP contribution is 2.11. The average molecular weight is 124 g/mol. The van der Waals surface area contributed by atoms with Gasteiger partial charge in [0.05, 0.1) is 11.4 Å². The Hall–Kier alpha value is -0.920. The minimum absolute atomic E-state index is 1.05. The molecule has 0 saturated heterocycles. The second-order valence-electron chi connectivity index (χ2n) is 1.97. The third kappa shape index (κ3) is 1.07. The van der Waals surface area contributed by atoms with Gasteiger partial charge in [0, 0.05) is 14.1 Å². The van der Waals surface area contributed by atoms with Crippen molar-refractivity contribution in [2.75, 3.05) is 14.1 Å². The summed E-state index contributed by atoms with van der Waals surface area (Å²) in [6, 6.07) is 0. The van der Waals surface area contributed by atoms with Crippen LogP contribution in [0.25, 0.3) is 0 Å². The molecule has 0 bridgehead atoms. The quantitative estimate of drug-likeness (QED) is 0.563. The Morgan fingerprint density at radius 1 is 1.11 bits per heavy atom. The topological polar surface area (TPSA) is 24.1 Å². The van der Waals surface area contributed by atoms with Gasteiger partial charge in [0.15, 0.2) is 0 Å². The SMILES string of the molecule is CNC1=CCC=C1NC. The minimum Gasteiger partial charge on any atom is -0.387 e. The highest BCUT2D eigenvalue weighted by molar-refractivity contribution is 5.33. The zero-order valence-corrected chi connectivity index (χ0v) is 5.86. The first kappa shape index (κ1) is 6.20. The van der Waals surface area contributed by atoms with Crippen LogP contribution in [-0.4, -0.2) is 14.1 Å². The lowest BCUT2D eigenvalue weighted by molar-refractivity contribution is 0.917. The Kier molecular flexibility index (Phi) is 1.78. The Balaban J connectivity index is 2.62. The molecule has 0 fully saturated rings. The van der Waals surface area contributed by atoms with Crippen LogP contribution in [0, 0.1) is 0 Å². The van der Waals surface area contributed by atoms with Gasteiger partial charge >= 0.3 is 0 Å². The van der Waals surface area contributed by atoms with Crippen molar-refractivity contribution in [1.29, 1.82) is 0 Å². The molecule has 0 radical (unpaired) electrons. The second-order valence-corrected chi connectivity index (χ2v) is 1.97. The van der Waals surface area contributed by atoms with E-state index in [4.69, 9.17) is 0 Å². The lowest BCUT2D eigenvalue weighted by Crippen LogP contribution is -2.15. The maximum Gasteiger partial charge on any atom is 0.0532 e. The van der Waals surface area contributed by atoms with Crippen molar-refractivity contribution >= 4 is 0 Å². The molecule has 0 aromatic rings. The molecule has 0 unspecified atom stereocenters. The van der Waals surface area contributed by atoms with Gasteiger partial charge in [0.1, 0.15) is 0 Å². The molecule has 0 heterocycles. The first-order valence-electron chi connectivity index (χ1n) is 3.14. The van der Waals surface area contributed by atoms with Crippen LogP contribution in [0.15, 0.2) is 23.5 Å². The van der Waals surface area contributed by atoms with Crippen LogP contribution in [0.5, 0.6) is 0 Å². The van der Waals surface area contributed by atoms with Crippen molar-refractivity contribution in [3.63, 3.8) is 0 Å². The molecular formula is C7H12N2. The summed E-state index contributed by atoms with van der Waals surface area (Å²) in [5.41, 5.74) is 2.41. The fourth-order valence-electron chi connectivity index (χ4n) is 0.988. The Morgan fingerprint density at radius 3 is 1.89 bits per heavy atom. The minimum atomic E-state index is 1.05. The maximum atomic E-state index is 3.10. The van der Waals surface area contributed by atoms with E-state index in [1.165, 1.54) is 11.4 Å². The van der Waals surface area contributed by atoms with Crippen LogP contribution in [0.4, 0.5) is 0 Å². The molecule has 0 atom stereocenters. The number of nitrogens with one attached hydrogen (secondary N) is 2. The molecule has 0 spiro atoms. The molecule has 9 heavy (non-hydrogen) atoms. The molecule has 50 valence electrons. The Bertz CT molecular complexity index is 138. The highest BCUT2D eigenvalue weighted by atomic mass is 14.9. The Morgan fingerprint density at radius 2 is 1.56 bits per heavy atom. The van der Waals surface area contributed by atoms with E-state index >= 15 is 0 Å². The number of hydrogen-bond donors (Lipinski definition) is 2. The van der Waals surface area contributed by atoms with Crippen LogP contribution >= 0.6 is 0 Å². The van der Waals surface area contributed by atoms with E-state index in [0.717, 1.165) is 6.42 Å². The molecule has 1 aliphatic carbocycles. The van der Waals surface area contributed by atoms with Crippen molar-refractivity contribution in [2.24, 2.45) is 0 Å². The molecule has 0 aromatic carbocycles. The molecule has 1 aliphatic rings. The van der Waals surface area contributed by atoms with Gasteiger partial charge in [-0.1, -0.05) is 12.2 Å². The van der Waals surface area contributed by atoms with E-state index in [9.17, 15) is 0 Å².